The summed E-state index contributed by atoms with van der Waals surface area (Å²) in [5, 5.41) is 20.8. The third-order valence-electron chi connectivity index (χ3n) is 3.60. The van der Waals surface area contributed by atoms with Gasteiger partial charge in [-0.25, -0.2) is 4.79 Å². The number of H-pyrrole nitrogens is 1. The molecular weight excluding hydrogens is 300 g/mol. The van der Waals surface area contributed by atoms with E-state index in [0.29, 0.717) is 16.7 Å². The Morgan fingerprint density at radius 3 is 2.48 bits per heavy atom. The van der Waals surface area contributed by atoms with E-state index in [9.17, 15) is 14.9 Å². The molecule has 0 spiro atoms. The van der Waals surface area contributed by atoms with E-state index in [-0.39, 0.29) is 16.9 Å². The van der Waals surface area contributed by atoms with Crippen LogP contribution in [0.3, 0.4) is 0 Å². The van der Waals surface area contributed by atoms with Gasteiger partial charge in [-0.05, 0) is 35.4 Å². The van der Waals surface area contributed by atoms with Gasteiger partial charge in [0.05, 0.1) is 12.0 Å². The average Bonchev–Trinajstić information content (AvgIpc) is 2.99. The zero-order chi connectivity index (χ0) is 16.6. The number of nitrogens with one attached hydrogen (secondary N) is 1. The number of ether oxygens (including phenoxy) is 1. The number of hydrogen-bond donors (Lipinski definition) is 2. The first kappa shape index (κ1) is 14.6. The zero-order valence-electron chi connectivity index (χ0n) is 12.1. The molecule has 0 fully saturated rings. The molecule has 2 aromatic carbocycles. The van der Waals surface area contributed by atoms with Gasteiger partial charge in [0, 0.05) is 11.5 Å². The topological polar surface area (TPSA) is 105 Å². The van der Waals surface area contributed by atoms with Crippen LogP contribution in [0, 0.1) is 10.1 Å². The molecule has 0 atom stereocenters. The quantitative estimate of drug-likeness (QED) is 0.567. The van der Waals surface area contributed by atoms with Crippen LogP contribution in [-0.4, -0.2) is 28.1 Å². The predicted octanol–water partition coefficient (Wildman–Crippen LogP) is 3.45. The first-order chi connectivity index (χ1) is 11.0. The number of non-ortho nitro benzene ring substituents is 1. The number of benzene rings is 2. The van der Waals surface area contributed by atoms with Gasteiger partial charge < -0.3 is 14.8 Å². The van der Waals surface area contributed by atoms with Crippen molar-refractivity contribution in [2.75, 3.05) is 7.11 Å². The number of nitro groups is 1. The minimum atomic E-state index is -1.17. The molecular formula is C16H12N2O5. The number of aromatic nitrogens is 1. The van der Waals surface area contributed by atoms with Crippen LogP contribution in [0.2, 0.25) is 0 Å². The molecule has 1 aromatic heterocycles. The number of carboxylic acids is 1. The van der Waals surface area contributed by atoms with Crippen LogP contribution < -0.4 is 4.74 Å². The summed E-state index contributed by atoms with van der Waals surface area (Å²) in [5.41, 5.74) is 1.45. The smallest absolute Gasteiger partial charge is 0.352 e. The Hall–Kier alpha value is -3.35. The highest BCUT2D eigenvalue weighted by atomic mass is 16.6. The summed E-state index contributed by atoms with van der Waals surface area (Å²) in [6.45, 7) is 0. The minimum Gasteiger partial charge on any atom is -0.497 e. The van der Waals surface area contributed by atoms with Crippen molar-refractivity contribution < 1.29 is 19.6 Å². The second-order valence-corrected chi connectivity index (χ2v) is 4.89. The fourth-order valence-corrected chi connectivity index (χ4v) is 2.49. The Morgan fingerprint density at radius 1 is 1.22 bits per heavy atom. The lowest BCUT2D eigenvalue weighted by molar-refractivity contribution is -0.383. The molecule has 2 N–H and O–H groups in total. The largest absolute Gasteiger partial charge is 0.497 e. The second-order valence-electron chi connectivity index (χ2n) is 4.89. The third-order valence-corrected chi connectivity index (χ3v) is 3.60. The van der Waals surface area contributed by atoms with Crippen LogP contribution in [0.15, 0.2) is 42.5 Å². The van der Waals surface area contributed by atoms with E-state index in [1.807, 2.05) is 12.1 Å². The molecule has 0 saturated heterocycles. The van der Waals surface area contributed by atoms with Crippen molar-refractivity contribution in [1.82, 2.24) is 4.98 Å². The molecule has 0 radical (unpaired) electrons. The normalized spacial score (nSPS) is 10.7. The standard InChI is InChI=1S/C16H12N2O5/c1-23-10-4-2-9(3-5-10)11-6-7-14(18(21)22)15-12(11)8-13(17-15)16(19)20/h2-8,17H,1H3,(H,19,20). The van der Waals surface area contributed by atoms with E-state index in [4.69, 9.17) is 9.84 Å². The highest BCUT2D eigenvalue weighted by Crippen LogP contribution is 2.35. The van der Waals surface area contributed by atoms with Gasteiger partial charge in [0.15, 0.2) is 0 Å². The molecule has 0 saturated carbocycles. The van der Waals surface area contributed by atoms with Gasteiger partial charge in [0.1, 0.15) is 17.0 Å². The van der Waals surface area contributed by atoms with Crippen LogP contribution in [0.25, 0.3) is 22.0 Å². The monoisotopic (exact) mass is 312 g/mol. The fourth-order valence-electron chi connectivity index (χ4n) is 2.49. The number of rotatable bonds is 4. The van der Waals surface area contributed by atoms with Crippen molar-refractivity contribution >= 4 is 22.6 Å². The van der Waals surface area contributed by atoms with Crippen molar-refractivity contribution in [2.45, 2.75) is 0 Å². The summed E-state index contributed by atoms with van der Waals surface area (Å²) in [6.07, 6.45) is 0. The average molecular weight is 312 g/mol. The lowest BCUT2D eigenvalue weighted by Gasteiger charge is -2.06. The first-order valence-corrected chi connectivity index (χ1v) is 6.69. The lowest BCUT2D eigenvalue weighted by atomic mass is 10.0. The molecule has 0 aliphatic carbocycles. The summed E-state index contributed by atoms with van der Waals surface area (Å²) in [7, 11) is 1.56. The van der Waals surface area contributed by atoms with Gasteiger partial charge in [-0.1, -0.05) is 12.1 Å². The van der Waals surface area contributed by atoms with Gasteiger partial charge in [-0.2, -0.15) is 0 Å². The Morgan fingerprint density at radius 2 is 1.91 bits per heavy atom. The highest BCUT2D eigenvalue weighted by molar-refractivity contribution is 6.04. The Balaban J connectivity index is 2.26. The number of hydrogen-bond acceptors (Lipinski definition) is 4. The number of nitrogens with zero attached hydrogens (tertiary/aromatic N) is 1. The van der Waals surface area contributed by atoms with Crippen LogP contribution in [-0.2, 0) is 0 Å². The molecule has 3 aromatic rings. The number of fused-ring (bicyclic) bond motifs is 1. The maximum Gasteiger partial charge on any atom is 0.352 e. The molecule has 0 unspecified atom stereocenters. The first-order valence-electron chi connectivity index (χ1n) is 6.69. The number of carbonyl (C=O) groups is 1. The molecule has 0 aliphatic heterocycles. The number of methoxy groups -OCH3 is 1. The molecule has 1 heterocycles. The number of aromatic carboxylic acids is 1. The van der Waals surface area contributed by atoms with E-state index >= 15 is 0 Å². The zero-order valence-corrected chi connectivity index (χ0v) is 12.1. The van der Waals surface area contributed by atoms with E-state index in [1.165, 1.54) is 12.1 Å². The molecule has 7 nitrogen and oxygen atoms in total. The van der Waals surface area contributed by atoms with Crippen molar-refractivity contribution in [2.24, 2.45) is 0 Å². The fraction of sp³-hybridized carbons (Fsp3) is 0.0625. The lowest BCUT2D eigenvalue weighted by Crippen LogP contribution is -1.95. The summed E-state index contributed by atoms with van der Waals surface area (Å²) in [4.78, 5) is 24.4. The maximum absolute atomic E-state index is 11.2. The van der Waals surface area contributed by atoms with Crippen LogP contribution in [0.4, 0.5) is 5.69 Å². The van der Waals surface area contributed by atoms with Crippen LogP contribution in [0.5, 0.6) is 5.75 Å². The molecule has 0 amide bonds. The summed E-state index contributed by atoms with van der Waals surface area (Å²) in [5.74, 6) is -0.483. The number of carboxylic acid groups (broad SMARTS) is 1. The van der Waals surface area contributed by atoms with Gasteiger partial charge >= 0.3 is 5.97 Å². The predicted molar refractivity (Wildman–Crippen MR) is 83.9 cm³/mol. The Bertz CT molecular complexity index is 912. The van der Waals surface area contributed by atoms with E-state index < -0.39 is 10.9 Å². The molecule has 0 aliphatic rings. The molecule has 116 valence electrons. The molecule has 23 heavy (non-hydrogen) atoms. The van der Waals surface area contributed by atoms with Gasteiger partial charge in [0.2, 0.25) is 0 Å². The highest BCUT2D eigenvalue weighted by Gasteiger charge is 2.20. The molecule has 3 rings (SSSR count). The van der Waals surface area contributed by atoms with Crippen LogP contribution >= 0.6 is 0 Å². The number of nitro benzene ring substituents is 1. The Labute approximate surface area is 130 Å². The van der Waals surface area contributed by atoms with E-state index in [2.05, 4.69) is 4.98 Å². The van der Waals surface area contributed by atoms with E-state index in [1.54, 1.807) is 25.3 Å². The van der Waals surface area contributed by atoms with Crippen molar-refractivity contribution in [1.29, 1.82) is 0 Å². The van der Waals surface area contributed by atoms with Gasteiger partial charge in [-0.15, -0.1) is 0 Å². The van der Waals surface area contributed by atoms with Gasteiger partial charge in [-0.3, -0.25) is 10.1 Å². The molecule has 7 heteroatoms. The minimum absolute atomic E-state index is 0.0935. The van der Waals surface area contributed by atoms with Gasteiger partial charge in [0.25, 0.3) is 5.69 Å². The SMILES string of the molecule is COc1ccc(-c2ccc([N+](=O)[O-])c3[nH]c(C(=O)O)cc23)cc1. The van der Waals surface area contributed by atoms with Crippen molar-refractivity contribution in [3.8, 4) is 16.9 Å². The molecule has 0 bridgehead atoms. The van der Waals surface area contributed by atoms with Crippen LogP contribution in [0.1, 0.15) is 10.5 Å². The summed E-state index contributed by atoms with van der Waals surface area (Å²) in [6, 6.07) is 11.6. The second kappa shape index (κ2) is 5.45. The third kappa shape index (κ3) is 2.48. The van der Waals surface area contributed by atoms with Crippen molar-refractivity contribution in [3.63, 3.8) is 0 Å². The number of aromatic amines is 1. The van der Waals surface area contributed by atoms with E-state index in [0.717, 1.165) is 5.56 Å². The Kier molecular flexibility index (Phi) is 3.46. The maximum atomic E-state index is 11.2. The van der Waals surface area contributed by atoms with Crippen molar-refractivity contribution in [3.05, 3.63) is 58.3 Å². The summed E-state index contributed by atoms with van der Waals surface area (Å²) >= 11 is 0. The summed E-state index contributed by atoms with van der Waals surface area (Å²) < 4.78 is 5.11.